The molecular formula is C18H21FN2O5. The van der Waals surface area contributed by atoms with Gasteiger partial charge in [0.25, 0.3) is 5.91 Å². The van der Waals surface area contributed by atoms with E-state index in [1.54, 1.807) is 13.8 Å². The molecule has 8 heteroatoms. The van der Waals surface area contributed by atoms with Gasteiger partial charge in [0.05, 0.1) is 0 Å². The second kappa shape index (κ2) is 7.63. The summed E-state index contributed by atoms with van der Waals surface area (Å²) in [5.74, 6) is -1.86. The molecule has 0 unspecified atom stereocenters. The Morgan fingerprint density at radius 1 is 1.23 bits per heavy atom. The van der Waals surface area contributed by atoms with E-state index in [4.69, 9.17) is 4.74 Å². The molecule has 7 nitrogen and oxygen atoms in total. The fourth-order valence-electron chi connectivity index (χ4n) is 2.56. The largest absolute Gasteiger partial charge is 0.454 e. The molecule has 0 aliphatic carbocycles. The molecule has 26 heavy (non-hydrogen) atoms. The molecule has 1 atom stereocenters. The average molecular weight is 364 g/mol. The Bertz CT molecular complexity index is 730. The summed E-state index contributed by atoms with van der Waals surface area (Å²) in [4.78, 5) is 48.8. The number of hydrogen-bond donors (Lipinski definition) is 1. The average Bonchev–Trinajstić information content (AvgIpc) is 2.76. The van der Waals surface area contributed by atoms with E-state index in [9.17, 15) is 23.6 Å². The van der Waals surface area contributed by atoms with Crippen LogP contribution in [0, 0.1) is 5.82 Å². The fourth-order valence-corrected chi connectivity index (χ4v) is 2.56. The number of ether oxygens (including phenoxy) is 1. The van der Waals surface area contributed by atoms with Gasteiger partial charge in [-0.15, -0.1) is 0 Å². The summed E-state index contributed by atoms with van der Waals surface area (Å²) in [6, 6.07) is 4.46. The maximum Gasteiger partial charge on any atom is 0.325 e. The quantitative estimate of drug-likeness (QED) is 0.454. The molecule has 1 N–H and O–H groups in total. The summed E-state index contributed by atoms with van der Waals surface area (Å²) in [6.07, 6.45) is -0.826. The molecule has 140 valence electrons. The number of hydrogen-bond acceptors (Lipinski definition) is 5. The van der Waals surface area contributed by atoms with Crippen LogP contribution < -0.4 is 5.32 Å². The molecular weight excluding hydrogens is 343 g/mol. The van der Waals surface area contributed by atoms with Crippen molar-refractivity contribution in [1.29, 1.82) is 0 Å². The highest BCUT2D eigenvalue weighted by Gasteiger charge is 2.43. The first kappa shape index (κ1) is 19.6. The van der Waals surface area contributed by atoms with Gasteiger partial charge in [-0.05, 0) is 51.5 Å². The van der Waals surface area contributed by atoms with E-state index >= 15 is 0 Å². The van der Waals surface area contributed by atoms with Crippen molar-refractivity contribution in [2.75, 3.05) is 6.54 Å². The topological polar surface area (TPSA) is 92.8 Å². The van der Waals surface area contributed by atoms with E-state index < -0.39 is 35.2 Å². The van der Waals surface area contributed by atoms with Gasteiger partial charge < -0.3 is 10.1 Å². The molecule has 1 saturated heterocycles. The van der Waals surface area contributed by atoms with Crippen molar-refractivity contribution < 1.29 is 28.3 Å². The smallest absolute Gasteiger partial charge is 0.325 e. The van der Waals surface area contributed by atoms with Gasteiger partial charge in [0.2, 0.25) is 5.78 Å². The molecule has 0 bridgehead atoms. The molecule has 0 spiro atoms. The van der Waals surface area contributed by atoms with Crippen molar-refractivity contribution >= 4 is 23.7 Å². The summed E-state index contributed by atoms with van der Waals surface area (Å²) < 4.78 is 17.9. The van der Waals surface area contributed by atoms with Gasteiger partial charge in [-0.25, -0.2) is 9.18 Å². The van der Waals surface area contributed by atoms with Gasteiger partial charge in [-0.2, -0.15) is 0 Å². The van der Waals surface area contributed by atoms with Crippen molar-refractivity contribution in [2.24, 2.45) is 0 Å². The molecule has 1 heterocycles. The molecule has 1 aromatic carbocycles. The standard InChI is InChI=1S/C18H21FN2O5/c1-11(15(23)12-6-8-13(19)9-7-12)26-14(22)5-4-10-21-16(24)18(2,3)20-17(21)25/h6-9,11H,4-5,10H2,1-3H3,(H,20,25)/t11-/m1/s1. The summed E-state index contributed by atoms with van der Waals surface area (Å²) in [5, 5.41) is 2.55. The highest BCUT2D eigenvalue weighted by molar-refractivity contribution is 6.06. The van der Waals surface area contributed by atoms with Gasteiger partial charge in [0.1, 0.15) is 11.4 Å². The normalized spacial score (nSPS) is 17.0. The SMILES string of the molecule is C[C@@H](OC(=O)CCCN1C(=O)NC(C)(C)C1=O)C(=O)c1ccc(F)cc1. The minimum absolute atomic E-state index is 0.0431. The number of esters is 1. The number of ketones is 1. The Morgan fingerprint density at radius 3 is 2.38 bits per heavy atom. The van der Waals surface area contributed by atoms with Crippen LogP contribution >= 0.6 is 0 Å². The van der Waals surface area contributed by atoms with Crippen LogP contribution in [0.15, 0.2) is 24.3 Å². The number of halogens is 1. The summed E-state index contributed by atoms with van der Waals surface area (Å²) in [7, 11) is 0. The Morgan fingerprint density at radius 2 is 1.85 bits per heavy atom. The number of amides is 3. The lowest BCUT2D eigenvalue weighted by molar-refractivity contribution is -0.146. The Balaban J connectivity index is 1.80. The first-order chi connectivity index (χ1) is 12.1. The van der Waals surface area contributed by atoms with Crippen molar-refractivity contribution in [2.45, 2.75) is 45.3 Å². The molecule has 3 amide bonds. The third-order valence-electron chi connectivity index (χ3n) is 4.01. The number of benzene rings is 1. The minimum atomic E-state index is -1.01. The summed E-state index contributed by atoms with van der Waals surface area (Å²) >= 11 is 0. The Kier molecular flexibility index (Phi) is 5.74. The zero-order valence-electron chi connectivity index (χ0n) is 14.9. The molecule has 1 aliphatic rings. The van der Waals surface area contributed by atoms with E-state index in [2.05, 4.69) is 5.32 Å². The minimum Gasteiger partial charge on any atom is -0.454 e. The number of imide groups is 1. The van der Waals surface area contributed by atoms with Crippen LogP contribution in [0.3, 0.4) is 0 Å². The van der Waals surface area contributed by atoms with Gasteiger partial charge in [-0.3, -0.25) is 19.3 Å². The number of carbonyl (C=O) groups excluding carboxylic acids is 4. The number of urea groups is 1. The number of rotatable bonds is 7. The van der Waals surface area contributed by atoms with Gasteiger partial charge in [-0.1, -0.05) is 0 Å². The molecule has 0 radical (unpaired) electrons. The molecule has 1 aliphatic heterocycles. The first-order valence-electron chi connectivity index (χ1n) is 8.25. The van der Waals surface area contributed by atoms with Gasteiger partial charge in [0.15, 0.2) is 6.10 Å². The van der Waals surface area contributed by atoms with Crippen LogP contribution in [0.1, 0.15) is 44.0 Å². The lowest BCUT2D eigenvalue weighted by Crippen LogP contribution is -2.40. The lowest BCUT2D eigenvalue weighted by Gasteiger charge is -2.16. The van der Waals surface area contributed by atoms with Crippen LogP contribution in [-0.2, 0) is 14.3 Å². The Hall–Kier alpha value is -2.77. The first-order valence-corrected chi connectivity index (χ1v) is 8.25. The third kappa shape index (κ3) is 4.44. The monoisotopic (exact) mass is 364 g/mol. The van der Waals surface area contributed by atoms with Crippen molar-refractivity contribution in [3.05, 3.63) is 35.6 Å². The summed E-state index contributed by atoms with van der Waals surface area (Å²) in [5.41, 5.74) is -0.707. The van der Waals surface area contributed by atoms with Crippen LogP contribution in [0.5, 0.6) is 0 Å². The zero-order chi connectivity index (χ0) is 19.5. The van der Waals surface area contributed by atoms with E-state index in [1.165, 1.54) is 19.1 Å². The zero-order valence-corrected chi connectivity index (χ0v) is 14.9. The maximum atomic E-state index is 12.9. The Labute approximate surface area is 150 Å². The van der Waals surface area contributed by atoms with Gasteiger partial charge >= 0.3 is 12.0 Å². The van der Waals surface area contributed by atoms with Crippen LogP contribution in [0.2, 0.25) is 0 Å². The molecule has 2 rings (SSSR count). The van der Waals surface area contributed by atoms with Crippen molar-refractivity contribution in [3.63, 3.8) is 0 Å². The highest BCUT2D eigenvalue weighted by atomic mass is 19.1. The number of Topliss-reactive ketones (excluding diaryl/α,β-unsaturated/α-hetero) is 1. The van der Waals surface area contributed by atoms with E-state index in [0.29, 0.717) is 0 Å². The second-order valence-corrected chi connectivity index (χ2v) is 6.62. The van der Waals surface area contributed by atoms with Crippen molar-refractivity contribution in [3.8, 4) is 0 Å². The predicted octanol–water partition coefficient (Wildman–Crippen LogP) is 2.05. The van der Waals surface area contributed by atoms with Crippen LogP contribution in [0.25, 0.3) is 0 Å². The summed E-state index contributed by atoms with van der Waals surface area (Å²) in [6.45, 7) is 4.72. The highest BCUT2D eigenvalue weighted by Crippen LogP contribution is 2.17. The fraction of sp³-hybridized carbons (Fsp3) is 0.444. The number of nitrogens with zero attached hydrogens (tertiary/aromatic N) is 1. The van der Waals surface area contributed by atoms with E-state index in [1.807, 2.05) is 0 Å². The lowest BCUT2D eigenvalue weighted by atomic mass is 10.1. The predicted molar refractivity (Wildman–Crippen MR) is 89.8 cm³/mol. The molecule has 0 aromatic heterocycles. The van der Waals surface area contributed by atoms with Crippen LogP contribution in [0.4, 0.5) is 9.18 Å². The van der Waals surface area contributed by atoms with Crippen LogP contribution in [-0.4, -0.2) is 46.8 Å². The third-order valence-corrected chi connectivity index (χ3v) is 4.01. The second-order valence-electron chi connectivity index (χ2n) is 6.62. The number of nitrogens with one attached hydrogen (secondary N) is 1. The molecule has 0 saturated carbocycles. The molecule has 1 fully saturated rings. The number of carbonyl (C=O) groups is 4. The maximum absolute atomic E-state index is 12.9. The van der Waals surface area contributed by atoms with E-state index in [0.717, 1.165) is 17.0 Å². The molecule has 1 aromatic rings. The van der Waals surface area contributed by atoms with E-state index in [-0.39, 0.29) is 30.9 Å². The van der Waals surface area contributed by atoms with Gasteiger partial charge in [0, 0.05) is 18.5 Å². The van der Waals surface area contributed by atoms with Crippen molar-refractivity contribution in [1.82, 2.24) is 10.2 Å².